The maximum absolute atomic E-state index is 12.9. The molecule has 1 fully saturated rings. The first-order chi connectivity index (χ1) is 13.5. The van der Waals surface area contributed by atoms with Gasteiger partial charge in [-0.2, -0.15) is 4.31 Å². The zero-order chi connectivity index (χ0) is 19.6. The SMILES string of the molecule is CN(Cc1cccc(S(=O)(=O)N2CCOCC2)c1)Cc1ccc2c(c1)OCO2. The van der Waals surface area contributed by atoms with Crippen molar-refractivity contribution < 1.29 is 22.6 Å². The van der Waals surface area contributed by atoms with Gasteiger partial charge in [-0.25, -0.2) is 8.42 Å². The van der Waals surface area contributed by atoms with E-state index in [1.165, 1.54) is 4.31 Å². The smallest absolute Gasteiger partial charge is 0.243 e. The lowest BCUT2D eigenvalue weighted by Crippen LogP contribution is -2.40. The van der Waals surface area contributed by atoms with Gasteiger partial charge in [0.1, 0.15) is 0 Å². The molecule has 0 unspecified atom stereocenters. The summed E-state index contributed by atoms with van der Waals surface area (Å²) in [5.74, 6) is 1.54. The van der Waals surface area contributed by atoms with Crippen molar-refractivity contribution in [3.63, 3.8) is 0 Å². The van der Waals surface area contributed by atoms with Crippen LogP contribution in [0.4, 0.5) is 0 Å². The predicted octanol–water partition coefficient (Wildman–Crippen LogP) is 2.07. The van der Waals surface area contributed by atoms with Crippen molar-refractivity contribution in [2.75, 3.05) is 40.1 Å². The van der Waals surface area contributed by atoms with Crippen LogP contribution in [0.5, 0.6) is 11.5 Å². The molecule has 0 aliphatic carbocycles. The van der Waals surface area contributed by atoms with Gasteiger partial charge in [-0.05, 0) is 42.4 Å². The number of ether oxygens (including phenoxy) is 3. The summed E-state index contributed by atoms with van der Waals surface area (Å²) in [7, 11) is -1.47. The minimum atomic E-state index is -3.48. The fraction of sp³-hybridized carbons (Fsp3) is 0.400. The van der Waals surface area contributed by atoms with Gasteiger partial charge in [0, 0.05) is 26.2 Å². The van der Waals surface area contributed by atoms with E-state index < -0.39 is 10.0 Å². The number of hydrogen-bond acceptors (Lipinski definition) is 6. The monoisotopic (exact) mass is 404 g/mol. The molecule has 0 radical (unpaired) electrons. The molecule has 150 valence electrons. The highest BCUT2D eigenvalue weighted by Gasteiger charge is 2.26. The topological polar surface area (TPSA) is 68.3 Å². The van der Waals surface area contributed by atoms with Crippen LogP contribution < -0.4 is 9.47 Å². The van der Waals surface area contributed by atoms with Crippen LogP contribution in [0.3, 0.4) is 0 Å². The summed E-state index contributed by atoms with van der Waals surface area (Å²) in [4.78, 5) is 2.47. The molecule has 8 heteroatoms. The Balaban J connectivity index is 1.44. The second kappa shape index (κ2) is 8.08. The standard InChI is InChI=1S/C20H24N2O5S/c1-21(14-17-5-6-19-20(12-17)27-15-26-19)13-16-3-2-4-18(11-16)28(23,24)22-7-9-25-10-8-22/h2-6,11-12H,7-10,13-15H2,1H3. The van der Waals surface area contributed by atoms with E-state index in [0.29, 0.717) is 37.7 Å². The quantitative estimate of drug-likeness (QED) is 0.734. The minimum Gasteiger partial charge on any atom is -0.454 e. The Morgan fingerprint density at radius 2 is 1.68 bits per heavy atom. The molecule has 0 amide bonds. The molecule has 2 aliphatic rings. The van der Waals surface area contributed by atoms with Crippen molar-refractivity contribution in [2.24, 2.45) is 0 Å². The molecular weight excluding hydrogens is 380 g/mol. The zero-order valence-electron chi connectivity index (χ0n) is 15.8. The van der Waals surface area contributed by atoms with Crippen molar-refractivity contribution >= 4 is 10.0 Å². The van der Waals surface area contributed by atoms with Gasteiger partial charge in [0.05, 0.1) is 18.1 Å². The number of morpholine rings is 1. The molecule has 2 aliphatic heterocycles. The molecule has 7 nitrogen and oxygen atoms in total. The van der Waals surface area contributed by atoms with E-state index in [1.54, 1.807) is 18.2 Å². The molecule has 2 aromatic rings. The predicted molar refractivity (Wildman–Crippen MR) is 104 cm³/mol. The summed E-state index contributed by atoms with van der Waals surface area (Å²) < 4.78 is 43.2. The van der Waals surface area contributed by atoms with Gasteiger partial charge in [0.25, 0.3) is 0 Å². The van der Waals surface area contributed by atoms with Crippen molar-refractivity contribution in [2.45, 2.75) is 18.0 Å². The highest BCUT2D eigenvalue weighted by atomic mass is 32.2. The molecule has 1 saturated heterocycles. The third-order valence-corrected chi connectivity index (χ3v) is 6.74. The Labute approximate surface area is 165 Å². The molecule has 0 aromatic heterocycles. The van der Waals surface area contributed by atoms with Gasteiger partial charge < -0.3 is 14.2 Å². The first-order valence-corrected chi connectivity index (χ1v) is 10.7. The zero-order valence-corrected chi connectivity index (χ0v) is 16.7. The lowest BCUT2D eigenvalue weighted by atomic mass is 10.1. The summed E-state index contributed by atoms with van der Waals surface area (Å²) in [6.07, 6.45) is 0. The normalized spacial score (nSPS) is 17.2. The summed E-state index contributed by atoms with van der Waals surface area (Å²) in [6, 6.07) is 13.1. The van der Waals surface area contributed by atoms with Crippen molar-refractivity contribution in [1.82, 2.24) is 9.21 Å². The molecule has 2 heterocycles. The molecule has 0 spiro atoms. The van der Waals surface area contributed by atoms with E-state index in [0.717, 1.165) is 29.2 Å². The Hall–Kier alpha value is -2.13. The number of hydrogen-bond donors (Lipinski definition) is 0. The van der Waals surface area contributed by atoms with Crippen LogP contribution >= 0.6 is 0 Å². The van der Waals surface area contributed by atoms with Gasteiger partial charge in [-0.1, -0.05) is 18.2 Å². The fourth-order valence-corrected chi connectivity index (χ4v) is 4.94. The third kappa shape index (κ3) is 4.15. The van der Waals surface area contributed by atoms with Crippen molar-refractivity contribution in [3.05, 3.63) is 53.6 Å². The van der Waals surface area contributed by atoms with Crippen LogP contribution in [0, 0.1) is 0 Å². The third-order valence-electron chi connectivity index (χ3n) is 4.85. The Morgan fingerprint density at radius 1 is 0.964 bits per heavy atom. The summed E-state index contributed by atoms with van der Waals surface area (Å²) in [5, 5.41) is 0. The molecule has 0 saturated carbocycles. The molecular formula is C20H24N2O5S. The van der Waals surface area contributed by atoms with Crippen LogP contribution in [0.25, 0.3) is 0 Å². The first kappa shape index (κ1) is 19.2. The largest absolute Gasteiger partial charge is 0.454 e. The van der Waals surface area contributed by atoms with Gasteiger partial charge in [0.2, 0.25) is 16.8 Å². The molecule has 2 aromatic carbocycles. The van der Waals surface area contributed by atoms with Crippen LogP contribution in [0.15, 0.2) is 47.4 Å². The average Bonchev–Trinajstić information content (AvgIpc) is 3.16. The molecule has 4 rings (SSSR count). The van der Waals surface area contributed by atoms with E-state index in [2.05, 4.69) is 4.90 Å². The molecule has 0 atom stereocenters. The van der Waals surface area contributed by atoms with Crippen LogP contribution in [0.2, 0.25) is 0 Å². The Kier molecular flexibility index (Phi) is 5.54. The summed E-state index contributed by atoms with van der Waals surface area (Å²) >= 11 is 0. The summed E-state index contributed by atoms with van der Waals surface area (Å²) in [6.45, 7) is 3.30. The Morgan fingerprint density at radius 3 is 2.46 bits per heavy atom. The van der Waals surface area contributed by atoms with E-state index in [4.69, 9.17) is 14.2 Å². The lowest BCUT2D eigenvalue weighted by Gasteiger charge is -2.26. The average molecular weight is 404 g/mol. The van der Waals surface area contributed by atoms with Crippen molar-refractivity contribution in [3.8, 4) is 11.5 Å². The van der Waals surface area contributed by atoms with Gasteiger partial charge in [-0.15, -0.1) is 0 Å². The highest BCUT2D eigenvalue weighted by molar-refractivity contribution is 7.89. The maximum Gasteiger partial charge on any atom is 0.243 e. The number of sulfonamides is 1. The van der Waals surface area contributed by atoms with Gasteiger partial charge in [-0.3, -0.25) is 4.90 Å². The number of nitrogens with zero attached hydrogens (tertiary/aromatic N) is 2. The maximum atomic E-state index is 12.9. The fourth-order valence-electron chi connectivity index (χ4n) is 3.46. The lowest BCUT2D eigenvalue weighted by molar-refractivity contribution is 0.0730. The van der Waals surface area contributed by atoms with E-state index >= 15 is 0 Å². The van der Waals surface area contributed by atoms with Crippen LogP contribution in [0.1, 0.15) is 11.1 Å². The van der Waals surface area contributed by atoms with E-state index in [1.807, 2.05) is 31.3 Å². The summed E-state index contributed by atoms with van der Waals surface area (Å²) in [5.41, 5.74) is 2.07. The number of rotatable bonds is 6. The molecule has 28 heavy (non-hydrogen) atoms. The number of benzene rings is 2. The minimum absolute atomic E-state index is 0.263. The first-order valence-electron chi connectivity index (χ1n) is 9.26. The van der Waals surface area contributed by atoms with Gasteiger partial charge >= 0.3 is 0 Å². The Bertz CT molecular complexity index is 941. The second-order valence-corrected chi connectivity index (χ2v) is 8.96. The highest BCUT2D eigenvalue weighted by Crippen LogP contribution is 2.32. The van der Waals surface area contributed by atoms with E-state index in [9.17, 15) is 8.42 Å². The van der Waals surface area contributed by atoms with Crippen molar-refractivity contribution in [1.29, 1.82) is 0 Å². The molecule has 0 N–H and O–H groups in total. The van der Waals surface area contributed by atoms with Gasteiger partial charge in [0.15, 0.2) is 11.5 Å². The van der Waals surface area contributed by atoms with Crippen LogP contribution in [-0.4, -0.2) is 57.8 Å². The molecule has 0 bridgehead atoms. The second-order valence-electron chi connectivity index (χ2n) is 7.02. The number of fused-ring (bicyclic) bond motifs is 1. The van der Waals surface area contributed by atoms with E-state index in [-0.39, 0.29) is 6.79 Å². The van der Waals surface area contributed by atoms with Crippen LogP contribution in [-0.2, 0) is 27.8 Å².